The van der Waals surface area contributed by atoms with Gasteiger partial charge in [0.15, 0.2) is 0 Å². The van der Waals surface area contributed by atoms with Gasteiger partial charge < -0.3 is 0 Å². The van der Waals surface area contributed by atoms with Crippen LogP contribution in [0.5, 0.6) is 0 Å². The second-order valence-corrected chi connectivity index (χ2v) is 12.5. The van der Waals surface area contributed by atoms with Crippen molar-refractivity contribution in [2.24, 2.45) is 17.8 Å². The number of aryl methyl sites for hydroxylation is 1. The van der Waals surface area contributed by atoms with Crippen molar-refractivity contribution in [1.82, 2.24) is 0 Å². The number of nitrogens with zero attached hydrogens (tertiary/aromatic N) is 1. The van der Waals surface area contributed by atoms with Gasteiger partial charge in [-0.25, -0.2) is 0 Å². The summed E-state index contributed by atoms with van der Waals surface area (Å²) in [7, 11) is -0.794. The van der Waals surface area contributed by atoms with Gasteiger partial charge in [0, 0.05) is 0 Å². The summed E-state index contributed by atoms with van der Waals surface area (Å²) in [4.78, 5) is 0. The molecule has 1 nitrogen and oxygen atoms in total. The number of hydrogen-bond acceptors (Lipinski definition) is 1. The van der Waals surface area contributed by atoms with Crippen molar-refractivity contribution in [3.63, 3.8) is 0 Å². The van der Waals surface area contributed by atoms with Crippen LogP contribution < -0.4 is 0 Å². The molecule has 3 heteroatoms. The van der Waals surface area contributed by atoms with E-state index in [-0.39, 0.29) is 0 Å². The Kier molecular flexibility index (Phi) is 7.44. The largest absolute Gasteiger partial charge is 0.192 e. The number of rotatable bonds is 6. The molecule has 1 saturated carbocycles. The molecule has 0 N–H and O–H groups in total. The number of halogens is 1. The highest BCUT2D eigenvalue weighted by Gasteiger charge is 2.30. The predicted octanol–water partition coefficient (Wildman–Crippen LogP) is 6.45. The number of hydrogen-bond donors (Lipinski definition) is 0. The van der Waals surface area contributed by atoms with E-state index in [0.717, 1.165) is 29.7 Å². The SMILES string of the molecule is N#Cc1ccc(CCCCC2CCC([C@H]3CC[Si@H](Cl)CC3)CC2)cc1. The zero-order valence-electron chi connectivity index (χ0n) is 15.4. The minimum Gasteiger partial charge on any atom is -0.192 e. The molecular weight excluding hydrogens is 342 g/mol. The lowest BCUT2D eigenvalue weighted by molar-refractivity contribution is 0.185. The van der Waals surface area contributed by atoms with E-state index in [2.05, 4.69) is 18.2 Å². The van der Waals surface area contributed by atoms with Gasteiger partial charge in [-0.15, -0.1) is 0 Å². The summed E-state index contributed by atoms with van der Waals surface area (Å²) < 4.78 is 0. The Bertz CT molecular complexity index is 548. The minimum atomic E-state index is -0.794. The van der Waals surface area contributed by atoms with Crippen molar-refractivity contribution in [3.05, 3.63) is 35.4 Å². The third kappa shape index (κ3) is 5.86. The van der Waals surface area contributed by atoms with Crippen LogP contribution in [0.2, 0.25) is 12.1 Å². The van der Waals surface area contributed by atoms with Gasteiger partial charge in [0.1, 0.15) is 8.11 Å². The monoisotopic (exact) mass is 373 g/mol. The molecule has 25 heavy (non-hydrogen) atoms. The van der Waals surface area contributed by atoms with E-state index in [9.17, 15) is 0 Å². The van der Waals surface area contributed by atoms with Crippen molar-refractivity contribution >= 4 is 19.2 Å². The fourth-order valence-electron chi connectivity index (χ4n) is 5.01. The first-order chi connectivity index (χ1) is 12.2. The summed E-state index contributed by atoms with van der Waals surface area (Å²) in [5.74, 6) is 3.02. The highest BCUT2D eigenvalue weighted by Crippen LogP contribution is 2.41. The Morgan fingerprint density at radius 2 is 1.56 bits per heavy atom. The van der Waals surface area contributed by atoms with E-state index in [0.29, 0.717) is 0 Å². The van der Waals surface area contributed by atoms with Crippen LogP contribution in [0.25, 0.3) is 0 Å². The fraction of sp³-hybridized carbons (Fsp3) is 0.682. The molecule has 0 spiro atoms. The van der Waals surface area contributed by atoms with E-state index >= 15 is 0 Å². The highest BCUT2D eigenvalue weighted by molar-refractivity contribution is 7.07. The van der Waals surface area contributed by atoms with E-state index in [1.807, 2.05) is 12.1 Å². The van der Waals surface area contributed by atoms with Gasteiger partial charge in [-0.2, -0.15) is 16.3 Å². The second kappa shape index (κ2) is 9.79. The Hall–Kier alpha value is -0.783. The standard InChI is InChI=1S/C22H32ClNSi/c23-25-15-13-22(14-16-25)21-11-9-19(10-12-21)4-2-1-3-18-5-7-20(17-24)8-6-18/h5-8,19,21-22,25H,1-4,9-16H2/t19?,21?,22-,25-. The van der Waals surface area contributed by atoms with Crippen molar-refractivity contribution < 1.29 is 0 Å². The lowest BCUT2D eigenvalue weighted by Gasteiger charge is -2.36. The maximum absolute atomic E-state index is 8.85. The summed E-state index contributed by atoms with van der Waals surface area (Å²) in [6, 6.07) is 13.1. The minimum absolute atomic E-state index is 0.766. The maximum atomic E-state index is 8.85. The summed E-state index contributed by atoms with van der Waals surface area (Å²) in [6.07, 6.45) is 14.0. The number of benzene rings is 1. The molecule has 0 bridgehead atoms. The first-order valence-electron chi connectivity index (χ1n) is 10.4. The van der Waals surface area contributed by atoms with Gasteiger partial charge >= 0.3 is 0 Å². The van der Waals surface area contributed by atoms with Gasteiger partial charge in [0.25, 0.3) is 0 Å². The molecule has 1 aromatic rings. The van der Waals surface area contributed by atoms with Gasteiger partial charge in [0.2, 0.25) is 0 Å². The molecule has 3 rings (SSSR count). The van der Waals surface area contributed by atoms with E-state index < -0.39 is 8.11 Å². The Morgan fingerprint density at radius 3 is 2.20 bits per heavy atom. The molecule has 0 amide bonds. The van der Waals surface area contributed by atoms with Crippen molar-refractivity contribution in [2.45, 2.75) is 76.3 Å². The van der Waals surface area contributed by atoms with Crippen LogP contribution in [0.15, 0.2) is 24.3 Å². The number of unbranched alkanes of at least 4 members (excludes halogenated alkanes) is 1. The van der Waals surface area contributed by atoms with Crippen molar-refractivity contribution in [3.8, 4) is 6.07 Å². The predicted molar refractivity (Wildman–Crippen MR) is 110 cm³/mol. The van der Waals surface area contributed by atoms with Gasteiger partial charge in [-0.05, 0) is 73.2 Å². The van der Waals surface area contributed by atoms with Crippen LogP contribution in [0.3, 0.4) is 0 Å². The quantitative estimate of drug-likeness (QED) is 0.319. The van der Waals surface area contributed by atoms with E-state index in [4.69, 9.17) is 16.3 Å². The molecule has 1 aromatic carbocycles. The smallest absolute Gasteiger partial charge is 0.141 e. The van der Waals surface area contributed by atoms with E-state index in [1.54, 1.807) is 0 Å². The van der Waals surface area contributed by atoms with Crippen molar-refractivity contribution in [2.75, 3.05) is 0 Å². The summed E-state index contributed by atoms with van der Waals surface area (Å²) in [6.45, 7) is 0. The summed E-state index contributed by atoms with van der Waals surface area (Å²) in [5.41, 5.74) is 2.14. The van der Waals surface area contributed by atoms with Crippen LogP contribution in [-0.4, -0.2) is 8.11 Å². The third-order valence-electron chi connectivity index (χ3n) is 6.67. The Morgan fingerprint density at radius 1 is 0.920 bits per heavy atom. The Balaban J connectivity index is 1.29. The lowest BCUT2D eigenvalue weighted by atomic mass is 9.73. The van der Waals surface area contributed by atoms with Gasteiger partial charge in [-0.3, -0.25) is 0 Å². The second-order valence-electron chi connectivity index (χ2n) is 8.35. The first-order valence-corrected chi connectivity index (χ1v) is 13.8. The van der Waals surface area contributed by atoms with Gasteiger partial charge in [0.05, 0.1) is 11.6 Å². The molecule has 1 heterocycles. The molecule has 136 valence electrons. The zero-order chi connectivity index (χ0) is 17.5. The molecule has 0 unspecified atom stereocenters. The number of nitriles is 1. The normalized spacial score (nSPS) is 29.9. The Labute approximate surface area is 160 Å². The average molecular weight is 374 g/mol. The first kappa shape index (κ1) is 19.0. The van der Waals surface area contributed by atoms with Crippen molar-refractivity contribution in [1.29, 1.82) is 5.26 Å². The van der Waals surface area contributed by atoms with Gasteiger partial charge in [-0.1, -0.05) is 50.7 Å². The molecule has 2 aliphatic rings. The molecule has 0 radical (unpaired) electrons. The zero-order valence-corrected chi connectivity index (χ0v) is 17.3. The summed E-state index contributed by atoms with van der Waals surface area (Å²) in [5, 5.41) is 8.85. The molecule has 1 aliphatic heterocycles. The third-order valence-corrected chi connectivity index (χ3v) is 9.90. The molecule has 1 aliphatic carbocycles. The van der Waals surface area contributed by atoms with Crippen LogP contribution >= 0.6 is 11.1 Å². The summed E-state index contributed by atoms with van der Waals surface area (Å²) >= 11 is 6.40. The van der Waals surface area contributed by atoms with E-state index in [1.165, 1.54) is 75.4 Å². The van der Waals surface area contributed by atoms with Crippen LogP contribution in [0.1, 0.15) is 68.9 Å². The fourth-order valence-corrected chi connectivity index (χ4v) is 7.63. The van der Waals surface area contributed by atoms with Crippen LogP contribution in [-0.2, 0) is 6.42 Å². The maximum Gasteiger partial charge on any atom is 0.141 e. The molecule has 0 atom stereocenters. The molecular formula is C22H32ClNSi. The highest BCUT2D eigenvalue weighted by atomic mass is 35.6. The average Bonchev–Trinajstić information content (AvgIpc) is 2.67. The topological polar surface area (TPSA) is 23.8 Å². The van der Waals surface area contributed by atoms with Crippen LogP contribution in [0.4, 0.5) is 0 Å². The molecule has 2 fully saturated rings. The van der Waals surface area contributed by atoms with Crippen LogP contribution in [0, 0.1) is 29.1 Å². The lowest BCUT2D eigenvalue weighted by Crippen LogP contribution is -2.26. The molecule has 0 aromatic heterocycles. The molecule has 1 saturated heterocycles.